The number of ether oxygens (including phenoxy) is 2. The van der Waals surface area contributed by atoms with Crippen LogP contribution in [0.25, 0.3) is 0 Å². The van der Waals surface area contributed by atoms with Gasteiger partial charge in [0.05, 0.1) is 26.3 Å². The van der Waals surface area contributed by atoms with Crippen LogP contribution in [0.4, 0.5) is 0 Å². The number of hydrogen-bond donors (Lipinski definition) is 2. The Morgan fingerprint density at radius 3 is 2.58 bits per heavy atom. The van der Waals surface area contributed by atoms with E-state index in [2.05, 4.69) is 42.6 Å². The van der Waals surface area contributed by atoms with Gasteiger partial charge in [0.25, 0.3) is 0 Å². The molecule has 0 spiro atoms. The number of rotatable bonds is 10. The highest BCUT2D eigenvalue weighted by Crippen LogP contribution is 2.27. The number of aliphatic imine (C=N–C) groups is 1. The van der Waals surface area contributed by atoms with Gasteiger partial charge in [-0.3, -0.25) is 4.99 Å². The Morgan fingerprint density at radius 1 is 1.21 bits per heavy atom. The van der Waals surface area contributed by atoms with Gasteiger partial charge in [-0.05, 0) is 34.0 Å². The molecular formula is C18H32N4O2. The second-order valence-corrected chi connectivity index (χ2v) is 5.56. The fourth-order valence-corrected chi connectivity index (χ4v) is 2.39. The maximum Gasteiger partial charge on any atom is 0.191 e. The van der Waals surface area contributed by atoms with Crippen LogP contribution in [0.2, 0.25) is 0 Å². The summed E-state index contributed by atoms with van der Waals surface area (Å²) in [7, 11) is 5.82. The predicted molar refractivity (Wildman–Crippen MR) is 99.9 cm³/mol. The zero-order chi connectivity index (χ0) is 17.8. The largest absolute Gasteiger partial charge is 0.496 e. The fraction of sp³-hybridized carbons (Fsp3) is 0.611. The number of likely N-dealkylation sites (N-methyl/N-ethyl adjacent to an activating group) is 1. The summed E-state index contributed by atoms with van der Waals surface area (Å²) in [6.07, 6.45) is 0. The number of methoxy groups -OCH3 is 1. The zero-order valence-corrected chi connectivity index (χ0v) is 15.6. The number of guanidine groups is 1. The van der Waals surface area contributed by atoms with Crippen LogP contribution in [0.5, 0.6) is 5.75 Å². The molecule has 0 fully saturated rings. The molecule has 1 aromatic rings. The lowest BCUT2D eigenvalue weighted by Gasteiger charge is -2.25. The van der Waals surface area contributed by atoms with Crippen LogP contribution in [-0.2, 0) is 4.74 Å². The molecule has 6 heteroatoms. The summed E-state index contributed by atoms with van der Waals surface area (Å²) in [5.41, 5.74) is 1.14. The number of nitrogens with one attached hydrogen (secondary N) is 2. The molecule has 0 aliphatic carbocycles. The van der Waals surface area contributed by atoms with Gasteiger partial charge in [-0.2, -0.15) is 0 Å². The van der Waals surface area contributed by atoms with E-state index in [1.807, 2.05) is 25.1 Å². The Hall–Kier alpha value is -1.79. The monoisotopic (exact) mass is 336 g/mol. The molecule has 2 N–H and O–H groups in total. The molecule has 0 amide bonds. The third-order valence-electron chi connectivity index (χ3n) is 3.63. The van der Waals surface area contributed by atoms with Crippen molar-refractivity contribution in [2.45, 2.75) is 19.9 Å². The molecule has 0 saturated heterocycles. The smallest absolute Gasteiger partial charge is 0.191 e. The Kier molecular flexibility index (Phi) is 9.88. The highest BCUT2D eigenvalue weighted by molar-refractivity contribution is 5.79. The quantitative estimate of drug-likeness (QED) is 0.388. The van der Waals surface area contributed by atoms with Gasteiger partial charge in [-0.25, -0.2) is 0 Å². The van der Waals surface area contributed by atoms with Gasteiger partial charge in [-0.1, -0.05) is 18.2 Å². The highest BCUT2D eigenvalue weighted by Gasteiger charge is 2.18. The van der Waals surface area contributed by atoms with Crippen LogP contribution >= 0.6 is 0 Å². The van der Waals surface area contributed by atoms with Crippen molar-refractivity contribution in [3.05, 3.63) is 29.8 Å². The molecule has 0 aliphatic heterocycles. The van der Waals surface area contributed by atoms with E-state index in [1.54, 1.807) is 7.11 Å². The summed E-state index contributed by atoms with van der Waals surface area (Å²) >= 11 is 0. The number of nitrogens with zero attached hydrogens (tertiary/aromatic N) is 2. The minimum atomic E-state index is 0.142. The van der Waals surface area contributed by atoms with E-state index in [1.165, 1.54) is 0 Å². The Labute approximate surface area is 146 Å². The van der Waals surface area contributed by atoms with E-state index >= 15 is 0 Å². The standard InChI is InChI=1S/C18H32N4O2/c1-6-19-18(20-12-13-24-7-2)21-14-16(22(3)4)15-10-8-9-11-17(15)23-5/h8-11,16H,6-7,12-14H2,1-5H3,(H2,19,20,21). The molecule has 24 heavy (non-hydrogen) atoms. The Balaban J connectivity index is 2.81. The van der Waals surface area contributed by atoms with Crippen molar-refractivity contribution in [2.24, 2.45) is 4.99 Å². The lowest BCUT2D eigenvalue weighted by molar-refractivity contribution is 0.152. The third kappa shape index (κ3) is 6.76. The van der Waals surface area contributed by atoms with Crippen LogP contribution in [0, 0.1) is 0 Å². The lowest BCUT2D eigenvalue weighted by Crippen LogP contribution is -2.39. The highest BCUT2D eigenvalue weighted by atomic mass is 16.5. The first kappa shape index (κ1) is 20.3. The molecule has 136 valence electrons. The molecule has 0 saturated carbocycles. The first-order valence-corrected chi connectivity index (χ1v) is 8.53. The molecule has 0 aromatic heterocycles. The van der Waals surface area contributed by atoms with E-state index in [0.29, 0.717) is 13.2 Å². The summed E-state index contributed by atoms with van der Waals surface area (Å²) in [4.78, 5) is 6.88. The predicted octanol–water partition coefficient (Wildman–Crippen LogP) is 1.89. The molecule has 1 rings (SSSR count). The zero-order valence-electron chi connectivity index (χ0n) is 15.6. The molecule has 0 heterocycles. The summed E-state index contributed by atoms with van der Waals surface area (Å²) in [5, 5.41) is 6.56. The van der Waals surface area contributed by atoms with Crippen LogP contribution in [0.3, 0.4) is 0 Å². The molecule has 6 nitrogen and oxygen atoms in total. The van der Waals surface area contributed by atoms with Crippen LogP contribution in [0.15, 0.2) is 29.3 Å². The molecule has 0 bridgehead atoms. The molecule has 1 unspecified atom stereocenters. The van der Waals surface area contributed by atoms with Crippen LogP contribution in [-0.4, -0.2) is 64.9 Å². The second kappa shape index (κ2) is 11.7. The van der Waals surface area contributed by atoms with Crippen molar-refractivity contribution < 1.29 is 9.47 Å². The average Bonchev–Trinajstić information content (AvgIpc) is 2.58. The van der Waals surface area contributed by atoms with E-state index < -0.39 is 0 Å². The van der Waals surface area contributed by atoms with Crippen molar-refractivity contribution >= 4 is 5.96 Å². The molecule has 1 atom stereocenters. The summed E-state index contributed by atoms with van der Waals surface area (Å²) < 4.78 is 10.9. The van der Waals surface area contributed by atoms with Crippen molar-refractivity contribution in [1.29, 1.82) is 0 Å². The summed E-state index contributed by atoms with van der Waals surface area (Å²) in [6, 6.07) is 8.24. The van der Waals surface area contributed by atoms with Crippen molar-refractivity contribution in [3.63, 3.8) is 0 Å². The van der Waals surface area contributed by atoms with Crippen molar-refractivity contribution in [1.82, 2.24) is 15.5 Å². The Morgan fingerprint density at radius 2 is 1.96 bits per heavy atom. The molecule has 1 aromatic carbocycles. The molecular weight excluding hydrogens is 304 g/mol. The van der Waals surface area contributed by atoms with Gasteiger partial charge in [0.15, 0.2) is 5.96 Å². The van der Waals surface area contributed by atoms with Crippen LogP contribution < -0.4 is 15.4 Å². The van der Waals surface area contributed by atoms with Crippen molar-refractivity contribution in [2.75, 3.05) is 54.1 Å². The minimum Gasteiger partial charge on any atom is -0.496 e. The minimum absolute atomic E-state index is 0.142. The normalized spacial score (nSPS) is 13.0. The van der Waals surface area contributed by atoms with Gasteiger partial charge in [0.2, 0.25) is 0 Å². The second-order valence-electron chi connectivity index (χ2n) is 5.56. The van der Waals surface area contributed by atoms with Gasteiger partial charge in [-0.15, -0.1) is 0 Å². The fourth-order valence-electron chi connectivity index (χ4n) is 2.39. The van der Waals surface area contributed by atoms with Gasteiger partial charge in [0.1, 0.15) is 5.75 Å². The average molecular weight is 336 g/mol. The van der Waals surface area contributed by atoms with Crippen molar-refractivity contribution in [3.8, 4) is 5.75 Å². The van der Waals surface area contributed by atoms with Gasteiger partial charge >= 0.3 is 0 Å². The number of benzene rings is 1. The third-order valence-corrected chi connectivity index (χ3v) is 3.63. The van der Waals surface area contributed by atoms with E-state index in [9.17, 15) is 0 Å². The van der Waals surface area contributed by atoms with Gasteiger partial charge < -0.3 is 25.0 Å². The molecule has 0 radical (unpaired) electrons. The summed E-state index contributed by atoms with van der Waals surface area (Å²) in [6.45, 7) is 7.65. The van der Waals surface area contributed by atoms with E-state index in [4.69, 9.17) is 14.5 Å². The first-order valence-electron chi connectivity index (χ1n) is 8.53. The maximum atomic E-state index is 5.50. The maximum absolute atomic E-state index is 5.50. The SMILES string of the molecule is CCNC(=NCC(c1ccccc1OC)N(C)C)NCCOCC. The molecule has 0 aliphatic rings. The number of para-hydroxylation sites is 1. The first-order chi connectivity index (χ1) is 11.6. The lowest BCUT2D eigenvalue weighted by atomic mass is 10.0. The number of hydrogen-bond acceptors (Lipinski definition) is 4. The summed E-state index contributed by atoms with van der Waals surface area (Å²) in [5.74, 6) is 1.69. The van der Waals surface area contributed by atoms with Gasteiger partial charge in [0, 0.05) is 25.3 Å². The van der Waals surface area contributed by atoms with Crippen LogP contribution in [0.1, 0.15) is 25.5 Å². The van der Waals surface area contributed by atoms with E-state index in [0.717, 1.165) is 37.0 Å². The van der Waals surface area contributed by atoms with E-state index in [-0.39, 0.29) is 6.04 Å². The topological polar surface area (TPSA) is 58.1 Å². The Bertz CT molecular complexity index is 492.